The lowest BCUT2D eigenvalue weighted by Crippen LogP contribution is -2.44. The lowest BCUT2D eigenvalue weighted by atomic mass is 9.52. The van der Waals surface area contributed by atoms with Gasteiger partial charge in [0.05, 0.1) is 0 Å². The molecule has 0 N–H and O–H groups in total. The normalized spacial score (nSPS) is 47.7. The first-order valence-electron chi connectivity index (χ1n) is 5.09. The Kier molecular flexibility index (Phi) is 1.56. The van der Waals surface area contributed by atoms with Crippen LogP contribution < -0.4 is 0 Å². The summed E-state index contributed by atoms with van der Waals surface area (Å²) in [5.74, 6) is 3.23. The molecule has 1 unspecified atom stereocenters. The van der Waals surface area contributed by atoms with Crippen molar-refractivity contribution in [1.82, 2.24) is 0 Å². The Morgan fingerprint density at radius 2 is 1.82 bits per heavy atom. The summed E-state index contributed by atoms with van der Waals surface area (Å²) in [4.78, 5) is 0. The van der Waals surface area contributed by atoms with E-state index in [0.717, 1.165) is 17.8 Å². The first-order valence-corrected chi connectivity index (χ1v) is 5.09. The van der Waals surface area contributed by atoms with Crippen LogP contribution in [0.4, 0.5) is 0 Å². The Bertz CT molecular complexity index is 151. The average molecular weight is 152 g/mol. The summed E-state index contributed by atoms with van der Waals surface area (Å²) in [5.41, 5.74) is 0.699. The molecule has 0 aromatic heterocycles. The van der Waals surface area contributed by atoms with Crippen LogP contribution in [0.2, 0.25) is 0 Å². The van der Waals surface area contributed by atoms with Crippen LogP contribution in [0.5, 0.6) is 0 Å². The van der Waals surface area contributed by atoms with Crippen LogP contribution in [-0.2, 0) is 0 Å². The van der Waals surface area contributed by atoms with Gasteiger partial charge in [-0.05, 0) is 48.9 Å². The third-order valence-corrected chi connectivity index (χ3v) is 4.08. The molecule has 0 amide bonds. The Morgan fingerprint density at radius 3 is 2.09 bits per heavy atom. The third kappa shape index (κ3) is 1.11. The molecule has 2 rings (SSSR count). The monoisotopic (exact) mass is 152 g/mol. The summed E-state index contributed by atoms with van der Waals surface area (Å²) in [6.07, 6.45) is 6.04. The van der Waals surface area contributed by atoms with Crippen LogP contribution in [0, 0.1) is 23.2 Å². The molecule has 0 aliphatic heterocycles. The Hall–Kier alpha value is 0. The van der Waals surface area contributed by atoms with Gasteiger partial charge in [-0.2, -0.15) is 0 Å². The average Bonchev–Trinajstić information content (AvgIpc) is 1.83. The van der Waals surface area contributed by atoms with Gasteiger partial charge in [-0.15, -0.1) is 0 Å². The van der Waals surface area contributed by atoms with Gasteiger partial charge in [0, 0.05) is 0 Å². The van der Waals surface area contributed by atoms with E-state index in [4.69, 9.17) is 0 Å². The molecule has 0 bridgehead atoms. The largest absolute Gasteiger partial charge is 0.0625 e. The van der Waals surface area contributed by atoms with Crippen molar-refractivity contribution in [2.45, 2.75) is 46.5 Å². The number of rotatable bonds is 1. The van der Waals surface area contributed by atoms with E-state index in [9.17, 15) is 0 Å². The van der Waals surface area contributed by atoms with Crippen molar-refractivity contribution in [1.29, 1.82) is 0 Å². The van der Waals surface area contributed by atoms with E-state index in [1.54, 1.807) is 0 Å². The summed E-state index contributed by atoms with van der Waals surface area (Å²) in [6.45, 7) is 7.29. The molecule has 0 heteroatoms. The first kappa shape index (κ1) is 7.64. The van der Waals surface area contributed by atoms with Gasteiger partial charge in [0.2, 0.25) is 0 Å². The van der Waals surface area contributed by atoms with Crippen LogP contribution in [0.25, 0.3) is 0 Å². The molecule has 64 valence electrons. The Morgan fingerprint density at radius 1 is 1.18 bits per heavy atom. The molecule has 2 fully saturated rings. The molecule has 0 spiro atoms. The van der Waals surface area contributed by atoms with Gasteiger partial charge < -0.3 is 0 Å². The molecule has 11 heavy (non-hydrogen) atoms. The zero-order valence-corrected chi connectivity index (χ0v) is 8.06. The standard InChI is InChI=1S/C11H20/c1-8-6-9(7-8)10-4-5-11(10,2)3/h8-10H,4-7H2,1-3H3. The van der Waals surface area contributed by atoms with Gasteiger partial charge in [-0.1, -0.05) is 20.8 Å². The highest BCUT2D eigenvalue weighted by Crippen LogP contribution is 2.56. The predicted molar refractivity (Wildman–Crippen MR) is 48.4 cm³/mol. The van der Waals surface area contributed by atoms with Gasteiger partial charge in [0.25, 0.3) is 0 Å². The maximum absolute atomic E-state index is 2.45. The minimum Gasteiger partial charge on any atom is -0.0625 e. The smallest absolute Gasteiger partial charge is 0.0323 e. The zero-order chi connectivity index (χ0) is 8.06. The van der Waals surface area contributed by atoms with Gasteiger partial charge in [0.15, 0.2) is 0 Å². The van der Waals surface area contributed by atoms with E-state index in [1.807, 2.05) is 0 Å². The second kappa shape index (κ2) is 2.24. The van der Waals surface area contributed by atoms with Crippen LogP contribution >= 0.6 is 0 Å². The van der Waals surface area contributed by atoms with E-state index in [-0.39, 0.29) is 0 Å². The summed E-state index contributed by atoms with van der Waals surface area (Å²) < 4.78 is 0. The molecule has 0 aromatic rings. The molecule has 0 heterocycles. The minimum absolute atomic E-state index is 0.699. The second-order valence-electron chi connectivity index (χ2n) is 5.47. The molecular weight excluding hydrogens is 132 g/mol. The van der Waals surface area contributed by atoms with Crippen LogP contribution in [0.1, 0.15) is 46.5 Å². The topological polar surface area (TPSA) is 0 Å². The zero-order valence-electron chi connectivity index (χ0n) is 8.06. The molecule has 0 radical (unpaired) electrons. The van der Waals surface area contributed by atoms with E-state index < -0.39 is 0 Å². The van der Waals surface area contributed by atoms with Crippen molar-refractivity contribution in [3.63, 3.8) is 0 Å². The Labute approximate surface area is 70.4 Å². The third-order valence-electron chi connectivity index (χ3n) is 4.08. The fourth-order valence-electron chi connectivity index (χ4n) is 3.06. The maximum Gasteiger partial charge on any atom is -0.0323 e. The highest BCUT2D eigenvalue weighted by molar-refractivity contribution is 4.96. The molecule has 0 nitrogen and oxygen atoms in total. The van der Waals surface area contributed by atoms with E-state index in [2.05, 4.69) is 20.8 Å². The minimum atomic E-state index is 0.699. The van der Waals surface area contributed by atoms with Crippen molar-refractivity contribution in [2.24, 2.45) is 23.2 Å². The van der Waals surface area contributed by atoms with Crippen molar-refractivity contribution in [2.75, 3.05) is 0 Å². The highest BCUT2D eigenvalue weighted by atomic mass is 14.5. The van der Waals surface area contributed by atoms with Gasteiger partial charge >= 0.3 is 0 Å². The lowest BCUT2D eigenvalue weighted by molar-refractivity contribution is -0.0309. The van der Waals surface area contributed by atoms with E-state index in [1.165, 1.54) is 25.7 Å². The summed E-state index contributed by atoms with van der Waals surface area (Å²) >= 11 is 0. The summed E-state index contributed by atoms with van der Waals surface area (Å²) in [7, 11) is 0. The van der Waals surface area contributed by atoms with Crippen molar-refractivity contribution in [3.8, 4) is 0 Å². The molecule has 0 aromatic carbocycles. The lowest BCUT2D eigenvalue weighted by Gasteiger charge is -2.53. The van der Waals surface area contributed by atoms with Crippen LogP contribution in [0.15, 0.2) is 0 Å². The molecular formula is C11H20. The van der Waals surface area contributed by atoms with E-state index in [0.29, 0.717) is 5.41 Å². The van der Waals surface area contributed by atoms with Gasteiger partial charge in [-0.25, -0.2) is 0 Å². The fraction of sp³-hybridized carbons (Fsp3) is 1.00. The number of hydrogen-bond donors (Lipinski definition) is 0. The van der Waals surface area contributed by atoms with Gasteiger partial charge in [-0.3, -0.25) is 0 Å². The highest BCUT2D eigenvalue weighted by Gasteiger charge is 2.46. The SMILES string of the molecule is CC1CC(C2CCC2(C)C)C1. The molecule has 2 saturated carbocycles. The second-order valence-corrected chi connectivity index (χ2v) is 5.47. The predicted octanol–water partition coefficient (Wildman–Crippen LogP) is 3.47. The number of hydrogen-bond acceptors (Lipinski definition) is 0. The van der Waals surface area contributed by atoms with Crippen molar-refractivity contribution in [3.05, 3.63) is 0 Å². The first-order chi connectivity index (χ1) is 5.09. The maximum atomic E-state index is 2.45. The van der Waals surface area contributed by atoms with Crippen LogP contribution in [0.3, 0.4) is 0 Å². The van der Waals surface area contributed by atoms with Crippen molar-refractivity contribution < 1.29 is 0 Å². The van der Waals surface area contributed by atoms with Crippen molar-refractivity contribution >= 4 is 0 Å². The quantitative estimate of drug-likeness (QED) is 0.539. The summed E-state index contributed by atoms with van der Waals surface area (Å²) in [5, 5.41) is 0. The molecule has 2 aliphatic rings. The van der Waals surface area contributed by atoms with Gasteiger partial charge in [0.1, 0.15) is 0 Å². The molecule has 1 atom stereocenters. The summed E-state index contributed by atoms with van der Waals surface area (Å²) in [6, 6.07) is 0. The van der Waals surface area contributed by atoms with Crippen LogP contribution in [-0.4, -0.2) is 0 Å². The van der Waals surface area contributed by atoms with E-state index >= 15 is 0 Å². The molecule has 2 aliphatic carbocycles. The molecule has 0 saturated heterocycles. The Balaban J connectivity index is 1.88. The fourth-order valence-corrected chi connectivity index (χ4v) is 3.06.